The lowest BCUT2D eigenvalue weighted by Gasteiger charge is -2.35. The van der Waals surface area contributed by atoms with Crippen LogP contribution in [0.15, 0.2) is 11.3 Å². The SMILES string of the molecule is C[C@@H](O)CCC[C@@H]1C[C@@H]2C[C@@H](O)CC(O)=C2C(=O)O1. The molecule has 108 valence electrons. The molecule has 0 saturated carbocycles. The summed E-state index contributed by atoms with van der Waals surface area (Å²) in [5.41, 5.74) is 0.358. The van der Waals surface area contributed by atoms with E-state index >= 15 is 0 Å². The van der Waals surface area contributed by atoms with Crippen molar-refractivity contribution in [2.24, 2.45) is 5.92 Å². The molecular formula is C14H22O5. The van der Waals surface area contributed by atoms with Gasteiger partial charge in [0.05, 0.1) is 17.8 Å². The molecule has 0 spiro atoms. The molecule has 0 radical (unpaired) electrons. The number of fused-ring (bicyclic) bond motifs is 1. The van der Waals surface area contributed by atoms with E-state index < -0.39 is 12.1 Å². The quantitative estimate of drug-likeness (QED) is 0.673. The zero-order chi connectivity index (χ0) is 14.0. The second-order valence-corrected chi connectivity index (χ2v) is 5.69. The number of aliphatic hydroxyl groups is 3. The number of carbonyl (C=O) groups excluding carboxylic acids is 1. The van der Waals surface area contributed by atoms with E-state index in [9.17, 15) is 20.1 Å². The molecule has 1 heterocycles. The summed E-state index contributed by atoms with van der Waals surface area (Å²) < 4.78 is 5.32. The Hall–Kier alpha value is -1.07. The van der Waals surface area contributed by atoms with Gasteiger partial charge < -0.3 is 20.1 Å². The highest BCUT2D eigenvalue weighted by Gasteiger charge is 2.39. The number of cyclic esters (lactones) is 1. The molecule has 0 aromatic carbocycles. The highest BCUT2D eigenvalue weighted by Crippen LogP contribution is 2.38. The Morgan fingerprint density at radius 3 is 2.84 bits per heavy atom. The minimum atomic E-state index is -0.572. The fraction of sp³-hybridized carbons (Fsp3) is 0.786. The van der Waals surface area contributed by atoms with Crippen molar-refractivity contribution >= 4 is 5.97 Å². The van der Waals surface area contributed by atoms with Crippen LogP contribution in [0, 0.1) is 5.92 Å². The lowest BCUT2D eigenvalue weighted by Crippen LogP contribution is -2.37. The van der Waals surface area contributed by atoms with E-state index in [1.54, 1.807) is 6.92 Å². The van der Waals surface area contributed by atoms with Gasteiger partial charge in [0, 0.05) is 12.3 Å². The van der Waals surface area contributed by atoms with Gasteiger partial charge in [0.2, 0.25) is 0 Å². The van der Waals surface area contributed by atoms with Crippen molar-refractivity contribution in [2.45, 2.75) is 63.8 Å². The molecule has 1 aliphatic heterocycles. The third-order valence-corrected chi connectivity index (χ3v) is 3.89. The van der Waals surface area contributed by atoms with Gasteiger partial charge in [-0.2, -0.15) is 0 Å². The van der Waals surface area contributed by atoms with Crippen LogP contribution < -0.4 is 0 Å². The predicted octanol–water partition coefficient (Wildman–Crippen LogP) is 1.44. The van der Waals surface area contributed by atoms with Crippen molar-refractivity contribution in [3.05, 3.63) is 11.3 Å². The van der Waals surface area contributed by atoms with Gasteiger partial charge >= 0.3 is 5.97 Å². The Kier molecular flexibility index (Phi) is 4.47. The molecule has 1 fully saturated rings. The summed E-state index contributed by atoms with van der Waals surface area (Å²) in [6.45, 7) is 1.74. The lowest BCUT2D eigenvalue weighted by atomic mass is 9.79. The molecular weight excluding hydrogens is 248 g/mol. The number of aliphatic hydroxyl groups excluding tert-OH is 3. The summed E-state index contributed by atoms with van der Waals surface area (Å²) in [5.74, 6) is -0.555. The van der Waals surface area contributed by atoms with Crippen molar-refractivity contribution in [1.82, 2.24) is 0 Å². The summed E-state index contributed by atoms with van der Waals surface area (Å²) in [7, 11) is 0. The normalized spacial score (nSPS) is 32.8. The maximum Gasteiger partial charge on any atom is 0.337 e. The molecule has 1 aliphatic carbocycles. The zero-order valence-electron chi connectivity index (χ0n) is 11.2. The summed E-state index contributed by atoms with van der Waals surface area (Å²) in [6, 6.07) is 0. The summed E-state index contributed by atoms with van der Waals surface area (Å²) in [5, 5.41) is 28.6. The largest absolute Gasteiger partial charge is 0.512 e. The van der Waals surface area contributed by atoms with Gasteiger partial charge in [0.1, 0.15) is 11.9 Å². The van der Waals surface area contributed by atoms with E-state index in [1.165, 1.54) is 0 Å². The standard InChI is InChI=1S/C14H22O5/c1-8(15)3-2-4-11-6-9-5-10(16)7-12(17)13(9)14(18)19-11/h8-11,15-17H,2-7H2,1H3/t8-,9+,10-,11-/m1/s1. The second kappa shape index (κ2) is 5.92. The van der Waals surface area contributed by atoms with E-state index in [2.05, 4.69) is 0 Å². The van der Waals surface area contributed by atoms with Crippen molar-refractivity contribution in [3.8, 4) is 0 Å². The lowest BCUT2D eigenvalue weighted by molar-refractivity contribution is -0.151. The molecule has 0 amide bonds. The molecule has 0 unspecified atom stereocenters. The van der Waals surface area contributed by atoms with Gasteiger partial charge in [-0.1, -0.05) is 0 Å². The fourth-order valence-corrected chi connectivity index (χ4v) is 2.99. The highest BCUT2D eigenvalue weighted by atomic mass is 16.5. The number of rotatable bonds is 4. The topological polar surface area (TPSA) is 87.0 Å². The van der Waals surface area contributed by atoms with Gasteiger partial charge in [-0.05, 0) is 39.0 Å². The number of hydrogen-bond acceptors (Lipinski definition) is 5. The van der Waals surface area contributed by atoms with Crippen LogP contribution in [-0.2, 0) is 9.53 Å². The first-order valence-electron chi connectivity index (χ1n) is 6.96. The van der Waals surface area contributed by atoms with Crippen LogP contribution in [0.3, 0.4) is 0 Å². The Bertz CT molecular complexity index is 374. The number of carbonyl (C=O) groups is 1. The maximum atomic E-state index is 11.9. The third kappa shape index (κ3) is 3.48. The van der Waals surface area contributed by atoms with Crippen molar-refractivity contribution < 1.29 is 24.9 Å². The van der Waals surface area contributed by atoms with E-state index in [0.29, 0.717) is 24.8 Å². The molecule has 2 aliphatic rings. The molecule has 5 heteroatoms. The number of ether oxygens (including phenoxy) is 1. The molecule has 2 rings (SSSR count). The van der Waals surface area contributed by atoms with E-state index in [4.69, 9.17) is 4.74 Å². The minimum Gasteiger partial charge on any atom is -0.512 e. The van der Waals surface area contributed by atoms with Crippen LogP contribution in [0.5, 0.6) is 0 Å². The van der Waals surface area contributed by atoms with Gasteiger partial charge in [0.15, 0.2) is 0 Å². The molecule has 19 heavy (non-hydrogen) atoms. The van der Waals surface area contributed by atoms with Crippen LogP contribution in [0.25, 0.3) is 0 Å². The van der Waals surface area contributed by atoms with Crippen molar-refractivity contribution in [1.29, 1.82) is 0 Å². The van der Waals surface area contributed by atoms with Gasteiger partial charge in [0.25, 0.3) is 0 Å². The second-order valence-electron chi connectivity index (χ2n) is 5.69. The molecule has 4 atom stereocenters. The monoisotopic (exact) mass is 270 g/mol. The molecule has 1 saturated heterocycles. The number of esters is 1. The highest BCUT2D eigenvalue weighted by molar-refractivity contribution is 5.90. The van der Waals surface area contributed by atoms with E-state index in [1.807, 2.05) is 0 Å². The first-order valence-corrected chi connectivity index (χ1v) is 6.96. The van der Waals surface area contributed by atoms with Gasteiger partial charge in [-0.3, -0.25) is 0 Å². The summed E-state index contributed by atoms with van der Waals surface area (Å²) in [6.07, 6.45) is 2.45. The molecule has 0 bridgehead atoms. The molecule has 5 nitrogen and oxygen atoms in total. The van der Waals surface area contributed by atoms with Crippen LogP contribution in [-0.4, -0.2) is 39.6 Å². The maximum absolute atomic E-state index is 11.9. The minimum absolute atomic E-state index is 0.0174. The van der Waals surface area contributed by atoms with Crippen molar-refractivity contribution in [3.63, 3.8) is 0 Å². The van der Waals surface area contributed by atoms with Crippen LogP contribution in [0.1, 0.15) is 45.4 Å². The van der Waals surface area contributed by atoms with Crippen LogP contribution in [0.2, 0.25) is 0 Å². The summed E-state index contributed by atoms with van der Waals surface area (Å²) >= 11 is 0. The predicted molar refractivity (Wildman–Crippen MR) is 68.4 cm³/mol. The van der Waals surface area contributed by atoms with Gasteiger partial charge in [-0.25, -0.2) is 4.79 Å². The van der Waals surface area contributed by atoms with Gasteiger partial charge in [-0.15, -0.1) is 0 Å². The fourth-order valence-electron chi connectivity index (χ4n) is 2.99. The Balaban J connectivity index is 1.96. The first-order chi connectivity index (χ1) is 8.97. The molecule has 0 aromatic rings. The van der Waals surface area contributed by atoms with E-state index in [0.717, 1.165) is 12.8 Å². The summed E-state index contributed by atoms with van der Waals surface area (Å²) in [4.78, 5) is 11.9. The Morgan fingerprint density at radius 2 is 2.16 bits per heavy atom. The van der Waals surface area contributed by atoms with E-state index in [-0.39, 0.29) is 30.3 Å². The van der Waals surface area contributed by atoms with Crippen LogP contribution >= 0.6 is 0 Å². The Morgan fingerprint density at radius 1 is 1.42 bits per heavy atom. The molecule has 0 aromatic heterocycles. The average molecular weight is 270 g/mol. The van der Waals surface area contributed by atoms with Crippen LogP contribution in [0.4, 0.5) is 0 Å². The average Bonchev–Trinajstić information content (AvgIpc) is 2.26. The zero-order valence-corrected chi connectivity index (χ0v) is 11.2. The third-order valence-electron chi connectivity index (χ3n) is 3.89. The molecule has 3 N–H and O–H groups in total. The first kappa shape index (κ1) is 14.3. The smallest absolute Gasteiger partial charge is 0.337 e. The number of hydrogen-bond donors (Lipinski definition) is 3. The Labute approximate surface area is 112 Å². The van der Waals surface area contributed by atoms with Crippen molar-refractivity contribution in [2.75, 3.05) is 0 Å².